The molecule has 8 nitrogen and oxygen atoms in total. The van der Waals surface area contributed by atoms with E-state index in [1.807, 2.05) is 12.1 Å². The summed E-state index contributed by atoms with van der Waals surface area (Å²) in [7, 11) is 3.10. The lowest BCUT2D eigenvalue weighted by Gasteiger charge is -2.12. The zero-order chi connectivity index (χ0) is 18.7. The summed E-state index contributed by atoms with van der Waals surface area (Å²) in [6, 6.07) is 5.64. The van der Waals surface area contributed by atoms with Crippen LogP contribution in [0.4, 0.5) is 0 Å². The first kappa shape index (κ1) is 17.8. The average molecular weight is 359 g/mol. The summed E-state index contributed by atoms with van der Waals surface area (Å²) in [6.07, 6.45) is 3.76. The van der Waals surface area contributed by atoms with Crippen molar-refractivity contribution in [1.82, 2.24) is 9.55 Å². The second-order valence-electron chi connectivity index (χ2n) is 6.10. The average Bonchev–Trinajstić information content (AvgIpc) is 3.45. The highest BCUT2D eigenvalue weighted by molar-refractivity contribution is 5.82. The van der Waals surface area contributed by atoms with Gasteiger partial charge >= 0.3 is 5.69 Å². The van der Waals surface area contributed by atoms with E-state index in [-0.39, 0.29) is 24.0 Å². The molecule has 3 rings (SSSR count). The maximum Gasteiger partial charge on any atom is 0.331 e. The van der Waals surface area contributed by atoms with Crippen molar-refractivity contribution in [3.8, 4) is 17.4 Å². The number of methoxy groups -OCH3 is 2. The predicted molar refractivity (Wildman–Crippen MR) is 96.9 cm³/mol. The Morgan fingerprint density at radius 1 is 1.27 bits per heavy atom. The molecule has 26 heavy (non-hydrogen) atoms. The topological polar surface area (TPSA) is 106 Å². The van der Waals surface area contributed by atoms with Crippen LogP contribution in [0.25, 0.3) is 0 Å². The van der Waals surface area contributed by atoms with Gasteiger partial charge in [0.25, 0.3) is 5.56 Å². The number of nitrogens with zero attached hydrogens (tertiary/aromatic N) is 2. The Bertz CT molecular complexity index is 941. The molecule has 0 spiro atoms. The van der Waals surface area contributed by atoms with Crippen LogP contribution in [0.2, 0.25) is 0 Å². The summed E-state index contributed by atoms with van der Waals surface area (Å²) in [5.41, 5.74) is -0.395. The number of aromatic amines is 1. The minimum Gasteiger partial charge on any atom is -0.494 e. The van der Waals surface area contributed by atoms with E-state index >= 15 is 0 Å². The van der Waals surface area contributed by atoms with Gasteiger partial charge in [0.1, 0.15) is 5.56 Å². The summed E-state index contributed by atoms with van der Waals surface area (Å²) in [4.78, 5) is 30.4. The molecule has 1 heterocycles. The van der Waals surface area contributed by atoms with Crippen LogP contribution >= 0.6 is 0 Å². The maximum atomic E-state index is 12.1. The van der Waals surface area contributed by atoms with Crippen LogP contribution in [0.3, 0.4) is 0 Å². The molecule has 0 atom stereocenters. The number of aliphatic imine (C=N–C) groups is 1. The standard InChI is InChI=1S/C18H21N3O5/c1-25-14-6-3-11(9-15(14)26-2)7-8-21-17(23)13(10-19-12-4-5-12)16(22)20-18(21)24/h3,6,9-10,12,23H,4-5,7-8H2,1-2H3,(H,20,22,24). The van der Waals surface area contributed by atoms with Crippen molar-refractivity contribution in [3.05, 3.63) is 50.2 Å². The van der Waals surface area contributed by atoms with E-state index in [0.29, 0.717) is 17.9 Å². The largest absolute Gasteiger partial charge is 0.494 e. The minimum atomic E-state index is -0.656. The van der Waals surface area contributed by atoms with E-state index < -0.39 is 11.2 Å². The molecule has 0 aliphatic heterocycles. The number of H-pyrrole nitrogens is 1. The molecule has 2 aromatic rings. The van der Waals surface area contributed by atoms with Gasteiger partial charge in [-0.15, -0.1) is 0 Å². The number of hydrogen-bond acceptors (Lipinski definition) is 6. The lowest BCUT2D eigenvalue weighted by molar-refractivity contribution is 0.354. The highest BCUT2D eigenvalue weighted by Crippen LogP contribution is 2.28. The van der Waals surface area contributed by atoms with Crippen molar-refractivity contribution in [1.29, 1.82) is 0 Å². The first-order valence-corrected chi connectivity index (χ1v) is 8.33. The molecule has 0 unspecified atom stereocenters. The second kappa shape index (κ2) is 7.47. The Balaban J connectivity index is 1.84. The first-order chi connectivity index (χ1) is 12.5. The number of aromatic nitrogens is 2. The first-order valence-electron chi connectivity index (χ1n) is 8.33. The third kappa shape index (κ3) is 3.79. The van der Waals surface area contributed by atoms with E-state index in [1.54, 1.807) is 20.3 Å². The Labute approximate surface area is 149 Å². The van der Waals surface area contributed by atoms with E-state index in [9.17, 15) is 14.7 Å². The molecule has 1 aromatic heterocycles. The summed E-state index contributed by atoms with van der Waals surface area (Å²) >= 11 is 0. The van der Waals surface area contributed by atoms with Crippen LogP contribution in [0.15, 0.2) is 32.8 Å². The third-order valence-electron chi connectivity index (χ3n) is 4.24. The Morgan fingerprint density at radius 3 is 2.65 bits per heavy atom. The molecule has 0 radical (unpaired) electrons. The number of ether oxygens (including phenoxy) is 2. The van der Waals surface area contributed by atoms with Crippen LogP contribution in [-0.4, -0.2) is 41.1 Å². The lowest BCUT2D eigenvalue weighted by Crippen LogP contribution is -2.32. The molecule has 1 saturated carbocycles. The van der Waals surface area contributed by atoms with Crippen LogP contribution in [0, 0.1) is 0 Å². The zero-order valence-electron chi connectivity index (χ0n) is 14.7. The van der Waals surface area contributed by atoms with Crippen LogP contribution < -0.4 is 20.7 Å². The number of benzene rings is 1. The van der Waals surface area contributed by atoms with Gasteiger partial charge in [-0.2, -0.15) is 0 Å². The zero-order valence-corrected chi connectivity index (χ0v) is 14.7. The summed E-state index contributed by atoms with van der Waals surface area (Å²) < 4.78 is 11.6. The molecule has 1 aliphatic rings. The highest BCUT2D eigenvalue weighted by Gasteiger charge is 2.20. The fourth-order valence-corrected chi connectivity index (χ4v) is 2.58. The second-order valence-corrected chi connectivity index (χ2v) is 6.10. The molecule has 1 aromatic carbocycles. The monoisotopic (exact) mass is 359 g/mol. The minimum absolute atomic E-state index is 0.00353. The van der Waals surface area contributed by atoms with Crippen molar-refractivity contribution in [2.24, 2.45) is 4.99 Å². The molecule has 138 valence electrons. The molecule has 8 heteroatoms. The number of rotatable bonds is 7. The number of hydrogen-bond donors (Lipinski definition) is 2. The molecule has 1 fully saturated rings. The van der Waals surface area contributed by atoms with Gasteiger partial charge in [-0.3, -0.25) is 19.3 Å². The Morgan fingerprint density at radius 2 is 2.00 bits per heavy atom. The highest BCUT2D eigenvalue weighted by atomic mass is 16.5. The van der Waals surface area contributed by atoms with E-state index in [1.165, 1.54) is 6.21 Å². The summed E-state index contributed by atoms with van der Waals surface area (Å²) in [5.74, 6) is 0.822. The Kier molecular flexibility index (Phi) is 5.11. The van der Waals surface area contributed by atoms with E-state index in [4.69, 9.17) is 9.47 Å². The molecule has 2 N–H and O–H groups in total. The van der Waals surface area contributed by atoms with E-state index in [2.05, 4.69) is 9.98 Å². The van der Waals surface area contributed by atoms with Gasteiger partial charge in [-0.1, -0.05) is 6.07 Å². The molecule has 1 aliphatic carbocycles. The number of nitrogens with one attached hydrogen (secondary N) is 1. The van der Waals surface area contributed by atoms with Crippen LogP contribution in [0.1, 0.15) is 24.0 Å². The Hall–Kier alpha value is -3.03. The number of aryl methyl sites for hydroxylation is 1. The van der Waals surface area contributed by atoms with Crippen molar-refractivity contribution < 1.29 is 14.6 Å². The van der Waals surface area contributed by atoms with Gasteiger partial charge in [0, 0.05) is 12.8 Å². The van der Waals surface area contributed by atoms with Crippen LogP contribution in [-0.2, 0) is 13.0 Å². The SMILES string of the molecule is COc1ccc(CCn2c(O)c(C=NC3CC3)c(=O)[nH]c2=O)cc1OC. The predicted octanol–water partition coefficient (Wildman–Crippen LogP) is 1.08. The third-order valence-corrected chi connectivity index (χ3v) is 4.24. The van der Waals surface area contributed by atoms with Gasteiger partial charge < -0.3 is 14.6 Å². The quantitative estimate of drug-likeness (QED) is 0.720. The van der Waals surface area contributed by atoms with Gasteiger partial charge in [0.2, 0.25) is 5.88 Å². The van der Waals surface area contributed by atoms with Gasteiger partial charge in [-0.25, -0.2) is 4.79 Å². The van der Waals surface area contributed by atoms with E-state index in [0.717, 1.165) is 23.0 Å². The van der Waals surface area contributed by atoms with Crippen molar-refractivity contribution in [2.75, 3.05) is 14.2 Å². The smallest absolute Gasteiger partial charge is 0.331 e. The summed E-state index contributed by atoms with van der Waals surface area (Å²) in [5, 5.41) is 10.4. The molecular formula is C18H21N3O5. The van der Waals surface area contributed by atoms with Crippen molar-refractivity contribution in [2.45, 2.75) is 31.8 Å². The molecule has 0 saturated heterocycles. The van der Waals surface area contributed by atoms with Crippen molar-refractivity contribution in [3.63, 3.8) is 0 Å². The van der Waals surface area contributed by atoms with Crippen molar-refractivity contribution >= 4 is 6.21 Å². The van der Waals surface area contributed by atoms with Gasteiger partial charge in [-0.05, 0) is 37.0 Å². The normalized spacial score (nSPS) is 13.9. The van der Waals surface area contributed by atoms with Gasteiger partial charge in [0.15, 0.2) is 11.5 Å². The fourth-order valence-electron chi connectivity index (χ4n) is 2.58. The molecule has 0 amide bonds. The summed E-state index contributed by atoms with van der Waals surface area (Å²) in [6.45, 7) is 0.196. The fraction of sp³-hybridized carbons (Fsp3) is 0.389. The van der Waals surface area contributed by atoms with Crippen LogP contribution in [0.5, 0.6) is 17.4 Å². The maximum absolute atomic E-state index is 12.1. The number of aromatic hydroxyl groups is 1. The molecular weight excluding hydrogens is 338 g/mol. The molecule has 0 bridgehead atoms. The lowest BCUT2D eigenvalue weighted by atomic mass is 10.1. The van der Waals surface area contributed by atoms with Gasteiger partial charge in [0.05, 0.1) is 20.3 Å².